The second-order valence-electron chi connectivity index (χ2n) is 7.96. The van der Waals surface area contributed by atoms with Gasteiger partial charge in [0.25, 0.3) is 0 Å². The molecule has 166 valence electrons. The van der Waals surface area contributed by atoms with Gasteiger partial charge < -0.3 is 14.7 Å². The first-order chi connectivity index (χ1) is 15.4. The third-order valence-electron chi connectivity index (χ3n) is 5.63. The van der Waals surface area contributed by atoms with E-state index in [1.165, 1.54) is 11.9 Å². The van der Waals surface area contributed by atoms with Crippen molar-refractivity contribution in [3.63, 3.8) is 0 Å². The predicted octanol–water partition coefficient (Wildman–Crippen LogP) is 5.83. The van der Waals surface area contributed by atoms with Gasteiger partial charge in [0.1, 0.15) is 16.7 Å². The zero-order valence-electron chi connectivity index (χ0n) is 18.0. The zero-order chi connectivity index (χ0) is 22.7. The van der Waals surface area contributed by atoms with Crippen molar-refractivity contribution in [1.82, 2.24) is 9.97 Å². The second-order valence-corrected chi connectivity index (χ2v) is 9.19. The van der Waals surface area contributed by atoms with E-state index in [2.05, 4.69) is 30.7 Å². The van der Waals surface area contributed by atoms with Gasteiger partial charge in [-0.2, -0.15) is 0 Å². The number of piperidine rings is 1. The number of halogens is 1. The second kappa shape index (κ2) is 9.79. The van der Waals surface area contributed by atoms with Gasteiger partial charge in [0, 0.05) is 30.6 Å². The van der Waals surface area contributed by atoms with Gasteiger partial charge in [-0.3, -0.25) is 4.79 Å². The summed E-state index contributed by atoms with van der Waals surface area (Å²) in [5.41, 5.74) is 4.05. The molecule has 2 N–H and O–H groups in total. The third kappa shape index (κ3) is 5.00. The average Bonchev–Trinajstić information content (AvgIpc) is 2.79. The normalized spacial score (nSPS) is 16.1. The lowest BCUT2D eigenvalue weighted by Gasteiger charge is -2.31. The lowest BCUT2D eigenvalue weighted by molar-refractivity contribution is -0.141. The lowest BCUT2D eigenvalue weighted by Crippen LogP contribution is -2.39. The molecule has 0 radical (unpaired) electrons. The van der Waals surface area contributed by atoms with Crippen LogP contribution in [0.25, 0.3) is 11.3 Å². The van der Waals surface area contributed by atoms with Crippen LogP contribution >= 0.6 is 23.5 Å². The molecule has 0 spiro atoms. The fourth-order valence-corrected chi connectivity index (χ4v) is 4.80. The first-order valence-electron chi connectivity index (χ1n) is 10.5. The third-order valence-corrected chi connectivity index (χ3v) is 6.68. The van der Waals surface area contributed by atoms with Crippen LogP contribution in [-0.4, -0.2) is 34.1 Å². The van der Waals surface area contributed by atoms with Crippen molar-refractivity contribution in [2.75, 3.05) is 22.7 Å². The highest BCUT2D eigenvalue weighted by Crippen LogP contribution is 2.33. The molecule has 0 amide bonds. The summed E-state index contributed by atoms with van der Waals surface area (Å²) < 4.78 is 3.27. The molecule has 4 rings (SSSR count). The maximum Gasteiger partial charge on any atom is 0.308 e. The largest absolute Gasteiger partial charge is 0.481 e. The Morgan fingerprint density at radius 3 is 2.62 bits per heavy atom. The number of anilines is 2. The van der Waals surface area contributed by atoms with Gasteiger partial charge in [-0.15, -0.1) is 0 Å². The monoisotopic (exact) mass is 468 g/mol. The highest BCUT2D eigenvalue weighted by Gasteiger charge is 2.26. The van der Waals surface area contributed by atoms with E-state index < -0.39 is 5.97 Å². The zero-order valence-corrected chi connectivity index (χ0v) is 19.6. The Hall–Kier alpha value is -2.77. The van der Waals surface area contributed by atoms with Crippen LogP contribution in [0.2, 0.25) is 5.02 Å². The number of nitrogens with one attached hydrogen (secondary N) is 1. The van der Waals surface area contributed by atoms with E-state index in [9.17, 15) is 9.90 Å². The Labute approximate surface area is 197 Å². The molecule has 8 heteroatoms. The fourth-order valence-electron chi connectivity index (χ4n) is 3.99. The first-order valence-corrected chi connectivity index (χ1v) is 11.7. The number of pyridine rings is 2. The molecule has 3 aromatic rings. The van der Waals surface area contributed by atoms with E-state index in [-0.39, 0.29) is 5.92 Å². The van der Waals surface area contributed by atoms with Crippen molar-refractivity contribution in [2.45, 2.75) is 31.7 Å². The molecule has 1 aromatic carbocycles. The Kier molecular flexibility index (Phi) is 6.86. The summed E-state index contributed by atoms with van der Waals surface area (Å²) in [6.07, 6.45) is 1.57. The summed E-state index contributed by atoms with van der Waals surface area (Å²) in [4.78, 5) is 22.9. The van der Waals surface area contributed by atoms with Crippen LogP contribution < -0.4 is 9.62 Å². The summed E-state index contributed by atoms with van der Waals surface area (Å²) in [5.74, 6) is 0.396. The number of aliphatic carboxylic acids is 1. The van der Waals surface area contributed by atoms with E-state index >= 15 is 0 Å². The van der Waals surface area contributed by atoms with E-state index in [0.29, 0.717) is 23.8 Å². The van der Waals surface area contributed by atoms with Crippen molar-refractivity contribution in [3.05, 3.63) is 64.7 Å². The molecule has 1 aliphatic rings. The molecule has 0 aliphatic carbocycles. The molecule has 0 bridgehead atoms. The Morgan fingerprint density at radius 1 is 1.12 bits per heavy atom. The van der Waals surface area contributed by atoms with Crippen LogP contribution in [0, 0.1) is 19.8 Å². The minimum atomic E-state index is -0.740. The van der Waals surface area contributed by atoms with Crippen LogP contribution in [-0.2, 0) is 4.79 Å². The van der Waals surface area contributed by atoms with Gasteiger partial charge in [-0.05, 0) is 62.1 Å². The summed E-state index contributed by atoms with van der Waals surface area (Å²) in [7, 11) is 0. The standard InChI is InChI=1S/C24H25ClN4O2S/c1-15-6-3-7-16(2)22(15)23-18(25)11-12-19(26-23)28-32-21-10-4-9-20(27-21)29-13-5-8-17(14-29)24(30)31/h3-4,6-7,9-12,17H,5,8,13-14H2,1-2H3,(H,26,28)(H,30,31). The van der Waals surface area contributed by atoms with Crippen LogP contribution in [0.4, 0.5) is 11.6 Å². The molecule has 3 heterocycles. The number of carboxylic acids is 1. The Balaban J connectivity index is 1.50. The first kappa shape index (κ1) is 22.4. The molecule has 6 nitrogen and oxygen atoms in total. The topological polar surface area (TPSA) is 78.4 Å². The average molecular weight is 469 g/mol. The van der Waals surface area contributed by atoms with Crippen LogP contribution in [0.15, 0.2) is 53.6 Å². The van der Waals surface area contributed by atoms with Gasteiger partial charge in [0.2, 0.25) is 0 Å². The SMILES string of the molecule is Cc1cccc(C)c1-c1nc(NSc2cccc(N3CCCC(C(=O)O)C3)n2)ccc1Cl. The van der Waals surface area contributed by atoms with Crippen molar-refractivity contribution < 1.29 is 9.90 Å². The molecule has 32 heavy (non-hydrogen) atoms. The van der Waals surface area contributed by atoms with E-state index in [1.807, 2.05) is 41.3 Å². The van der Waals surface area contributed by atoms with Crippen LogP contribution in [0.5, 0.6) is 0 Å². The number of rotatable bonds is 6. The Bertz CT molecular complexity index is 1120. The number of carbonyl (C=O) groups is 1. The number of carboxylic acid groups (broad SMARTS) is 1. The molecule has 0 saturated carbocycles. The lowest BCUT2D eigenvalue weighted by atomic mass is 9.98. The van der Waals surface area contributed by atoms with Gasteiger partial charge in [-0.25, -0.2) is 9.97 Å². The number of aromatic nitrogens is 2. The number of hydrogen-bond acceptors (Lipinski definition) is 6. The van der Waals surface area contributed by atoms with Crippen LogP contribution in [0.3, 0.4) is 0 Å². The number of aryl methyl sites for hydroxylation is 2. The van der Waals surface area contributed by atoms with Crippen molar-refractivity contribution in [3.8, 4) is 11.3 Å². The minimum absolute atomic E-state index is 0.346. The molecule has 2 aromatic heterocycles. The molecular weight excluding hydrogens is 444 g/mol. The highest BCUT2D eigenvalue weighted by atomic mass is 35.5. The minimum Gasteiger partial charge on any atom is -0.481 e. The van der Waals surface area contributed by atoms with Crippen molar-refractivity contribution in [1.29, 1.82) is 0 Å². The summed E-state index contributed by atoms with van der Waals surface area (Å²) >= 11 is 7.84. The summed E-state index contributed by atoms with van der Waals surface area (Å²) in [6, 6.07) is 15.6. The number of hydrogen-bond donors (Lipinski definition) is 2. The maximum atomic E-state index is 11.4. The van der Waals surface area contributed by atoms with Gasteiger partial charge in [0.15, 0.2) is 0 Å². The Morgan fingerprint density at radius 2 is 1.88 bits per heavy atom. The highest BCUT2D eigenvalue weighted by molar-refractivity contribution is 8.00. The van der Waals surface area contributed by atoms with E-state index in [0.717, 1.165) is 46.2 Å². The molecular formula is C24H25ClN4O2S. The smallest absolute Gasteiger partial charge is 0.308 e. The van der Waals surface area contributed by atoms with Crippen molar-refractivity contribution in [2.24, 2.45) is 5.92 Å². The van der Waals surface area contributed by atoms with Gasteiger partial charge >= 0.3 is 5.97 Å². The summed E-state index contributed by atoms with van der Waals surface area (Å²) in [5, 5.41) is 10.7. The number of nitrogens with zero attached hydrogens (tertiary/aromatic N) is 3. The van der Waals surface area contributed by atoms with Gasteiger partial charge in [-0.1, -0.05) is 35.9 Å². The quantitative estimate of drug-likeness (QED) is 0.440. The summed E-state index contributed by atoms with van der Waals surface area (Å²) in [6.45, 7) is 5.41. The van der Waals surface area contributed by atoms with Crippen molar-refractivity contribution >= 4 is 41.2 Å². The van der Waals surface area contributed by atoms with E-state index in [1.54, 1.807) is 0 Å². The predicted molar refractivity (Wildman–Crippen MR) is 130 cm³/mol. The van der Waals surface area contributed by atoms with Gasteiger partial charge in [0.05, 0.1) is 16.6 Å². The fraction of sp³-hybridized carbons (Fsp3) is 0.292. The molecule has 1 unspecified atom stereocenters. The maximum absolute atomic E-state index is 11.4. The molecule has 1 aliphatic heterocycles. The molecule has 1 fully saturated rings. The van der Waals surface area contributed by atoms with Crippen LogP contribution in [0.1, 0.15) is 24.0 Å². The molecule has 1 atom stereocenters. The number of benzene rings is 1. The van der Waals surface area contributed by atoms with E-state index in [4.69, 9.17) is 21.6 Å². The molecule has 1 saturated heterocycles.